The molecule has 8 heteroatoms. The number of nitriles is 1. The van der Waals surface area contributed by atoms with E-state index in [-0.39, 0.29) is 29.9 Å². The van der Waals surface area contributed by atoms with Crippen molar-refractivity contribution in [3.8, 4) is 29.7 Å². The summed E-state index contributed by atoms with van der Waals surface area (Å²) in [6.07, 6.45) is 6.53. The van der Waals surface area contributed by atoms with Gasteiger partial charge in [0.15, 0.2) is 6.61 Å². The molecule has 1 aromatic heterocycles. The number of hydrogen-bond donors (Lipinski definition) is 1. The predicted molar refractivity (Wildman–Crippen MR) is 113 cm³/mol. The van der Waals surface area contributed by atoms with Gasteiger partial charge in [0.25, 0.3) is 11.8 Å². The van der Waals surface area contributed by atoms with Gasteiger partial charge in [0.1, 0.15) is 23.2 Å². The van der Waals surface area contributed by atoms with Gasteiger partial charge in [-0.3, -0.25) is 14.5 Å². The molecule has 0 bridgehead atoms. The molecule has 32 heavy (non-hydrogen) atoms. The van der Waals surface area contributed by atoms with Crippen LogP contribution >= 0.6 is 0 Å². The second kappa shape index (κ2) is 9.61. The molecule has 0 saturated heterocycles. The first-order chi connectivity index (χ1) is 15.4. The predicted octanol–water partition coefficient (Wildman–Crippen LogP) is 2.32. The molecule has 0 atom stereocenters. The Hall–Kier alpha value is -4.40. The van der Waals surface area contributed by atoms with E-state index in [1.165, 1.54) is 13.0 Å². The Morgan fingerprint density at radius 2 is 2.06 bits per heavy atom. The Kier molecular flexibility index (Phi) is 6.69. The Bertz CT molecular complexity index is 1240. The molecule has 3 rings (SSSR count). The highest BCUT2D eigenvalue weighted by Crippen LogP contribution is 2.29. The van der Waals surface area contributed by atoms with Crippen LogP contribution in [0.3, 0.4) is 0 Å². The summed E-state index contributed by atoms with van der Waals surface area (Å²) in [5, 5.41) is 18.5. The molecule has 1 aromatic carbocycles. The molecule has 1 N–H and O–H groups in total. The topological polar surface area (TPSA) is 121 Å². The molecule has 2 amide bonds. The van der Waals surface area contributed by atoms with Crippen LogP contribution in [0.4, 0.5) is 0 Å². The molecule has 8 nitrogen and oxygen atoms in total. The number of rotatable bonds is 6. The lowest BCUT2D eigenvalue weighted by atomic mass is 9.95. The summed E-state index contributed by atoms with van der Waals surface area (Å²) in [5.41, 5.74) is 1.07. The van der Waals surface area contributed by atoms with Gasteiger partial charge in [0, 0.05) is 11.1 Å². The summed E-state index contributed by atoms with van der Waals surface area (Å²) < 4.78 is 10.7. The SMILES string of the molecule is C#CCOC(=O)c1cccc(-c2ccc(/C=C3/C(=O)N(CCO)C(=O)C(C#N)=C3C)o2)c1. The lowest BCUT2D eigenvalue weighted by Crippen LogP contribution is -2.44. The number of nitrogens with zero attached hydrogens (tertiary/aromatic N) is 2. The van der Waals surface area contributed by atoms with E-state index in [1.807, 2.05) is 6.07 Å². The molecule has 1 aliphatic heterocycles. The summed E-state index contributed by atoms with van der Waals surface area (Å²) in [5.74, 6) is 1.03. The van der Waals surface area contributed by atoms with Crippen molar-refractivity contribution in [2.75, 3.05) is 19.8 Å². The maximum absolute atomic E-state index is 12.8. The summed E-state index contributed by atoms with van der Waals surface area (Å²) in [7, 11) is 0. The van der Waals surface area contributed by atoms with Gasteiger partial charge in [0.05, 0.1) is 18.7 Å². The zero-order valence-electron chi connectivity index (χ0n) is 17.1. The molecule has 1 aliphatic rings. The lowest BCUT2D eigenvalue weighted by Gasteiger charge is -2.26. The maximum atomic E-state index is 12.8. The molecule has 0 radical (unpaired) electrons. The number of esters is 1. The van der Waals surface area contributed by atoms with Crippen LogP contribution in [0.5, 0.6) is 0 Å². The third kappa shape index (κ3) is 4.36. The van der Waals surface area contributed by atoms with Gasteiger partial charge < -0.3 is 14.3 Å². The Morgan fingerprint density at radius 3 is 2.75 bits per heavy atom. The van der Waals surface area contributed by atoms with Crippen molar-refractivity contribution in [3.63, 3.8) is 0 Å². The number of benzene rings is 1. The van der Waals surface area contributed by atoms with Gasteiger partial charge in [-0.25, -0.2) is 4.79 Å². The molecular weight excluding hydrogens is 412 g/mol. The normalized spacial score (nSPS) is 15.0. The largest absolute Gasteiger partial charge is 0.457 e. The van der Waals surface area contributed by atoms with Crippen molar-refractivity contribution in [3.05, 3.63) is 64.4 Å². The summed E-state index contributed by atoms with van der Waals surface area (Å²) in [6.45, 7) is 0.724. The second-order valence-electron chi connectivity index (χ2n) is 6.72. The van der Waals surface area contributed by atoms with Gasteiger partial charge >= 0.3 is 5.97 Å². The standard InChI is InChI=1S/C24H18N2O6/c1-3-11-31-24(30)17-6-4-5-16(12-17)21-8-7-18(32-21)13-19-15(2)20(14-25)23(29)26(9-10-27)22(19)28/h1,4-8,12-13,27H,9-11H2,2H3/b19-13+. The number of aliphatic hydroxyl groups is 1. The van der Waals surface area contributed by atoms with E-state index in [0.717, 1.165) is 4.90 Å². The molecule has 0 fully saturated rings. The van der Waals surface area contributed by atoms with Crippen LogP contribution in [-0.4, -0.2) is 47.5 Å². The first-order valence-electron chi connectivity index (χ1n) is 9.52. The highest BCUT2D eigenvalue weighted by Gasteiger charge is 2.35. The van der Waals surface area contributed by atoms with Crippen molar-refractivity contribution in [1.29, 1.82) is 5.26 Å². The molecule has 0 aliphatic carbocycles. The van der Waals surface area contributed by atoms with Crippen LogP contribution in [0, 0.1) is 23.7 Å². The number of ether oxygens (including phenoxy) is 1. The molecule has 0 spiro atoms. The summed E-state index contributed by atoms with van der Waals surface area (Å²) in [6, 6.07) is 11.7. The summed E-state index contributed by atoms with van der Waals surface area (Å²) in [4.78, 5) is 37.9. The second-order valence-corrected chi connectivity index (χ2v) is 6.72. The average Bonchev–Trinajstić information content (AvgIpc) is 3.27. The first-order valence-corrected chi connectivity index (χ1v) is 9.52. The van der Waals surface area contributed by atoms with Crippen molar-refractivity contribution in [2.24, 2.45) is 0 Å². The van der Waals surface area contributed by atoms with E-state index in [4.69, 9.17) is 20.7 Å². The smallest absolute Gasteiger partial charge is 0.339 e. The highest BCUT2D eigenvalue weighted by molar-refractivity contribution is 6.19. The minimum absolute atomic E-state index is 0.113. The quantitative estimate of drug-likeness (QED) is 0.323. The number of imide groups is 1. The number of carbonyl (C=O) groups is 3. The Balaban J connectivity index is 1.95. The Labute approximate surface area is 184 Å². The third-order valence-corrected chi connectivity index (χ3v) is 4.73. The van der Waals surface area contributed by atoms with Crippen molar-refractivity contribution in [2.45, 2.75) is 6.92 Å². The van der Waals surface area contributed by atoms with Crippen LogP contribution in [-0.2, 0) is 14.3 Å². The zero-order valence-corrected chi connectivity index (χ0v) is 17.1. The van der Waals surface area contributed by atoms with Crippen LogP contribution in [0.2, 0.25) is 0 Å². The number of hydrogen-bond acceptors (Lipinski definition) is 7. The van der Waals surface area contributed by atoms with Gasteiger partial charge in [0.2, 0.25) is 0 Å². The number of furan rings is 1. The van der Waals surface area contributed by atoms with E-state index in [1.54, 1.807) is 36.4 Å². The molecule has 2 heterocycles. The molecule has 160 valence electrons. The van der Waals surface area contributed by atoms with E-state index in [9.17, 15) is 19.6 Å². The van der Waals surface area contributed by atoms with Crippen LogP contribution in [0.15, 0.2) is 57.5 Å². The minimum Gasteiger partial charge on any atom is -0.457 e. The minimum atomic E-state index is -0.741. The number of amides is 2. The van der Waals surface area contributed by atoms with Crippen molar-refractivity contribution in [1.82, 2.24) is 4.90 Å². The first kappa shape index (κ1) is 22.3. The number of terminal acetylenes is 1. The number of carbonyl (C=O) groups excluding carboxylic acids is 3. The Morgan fingerprint density at radius 1 is 1.28 bits per heavy atom. The fourth-order valence-electron chi connectivity index (χ4n) is 3.15. The highest BCUT2D eigenvalue weighted by atomic mass is 16.5. The molecule has 0 saturated carbocycles. The fourth-order valence-corrected chi connectivity index (χ4v) is 3.15. The van der Waals surface area contributed by atoms with E-state index in [2.05, 4.69) is 5.92 Å². The van der Waals surface area contributed by atoms with Gasteiger partial charge in [-0.1, -0.05) is 18.1 Å². The lowest BCUT2D eigenvalue weighted by molar-refractivity contribution is -0.141. The maximum Gasteiger partial charge on any atom is 0.339 e. The van der Waals surface area contributed by atoms with E-state index in [0.29, 0.717) is 22.6 Å². The van der Waals surface area contributed by atoms with Crippen molar-refractivity contribution < 1.29 is 28.6 Å². The van der Waals surface area contributed by atoms with Crippen LogP contribution in [0.1, 0.15) is 23.0 Å². The van der Waals surface area contributed by atoms with E-state index >= 15 is 0 Å². The van der Waals surface area contributed by atoms with E-state index < -0.39 is 24.4 Å². The molecule has 2 aromatic rings. The summed E-state index contributed by atoms with van der Waals surface area (Å²) >= 11 is 0. The molecular formula is C24H18N2O6. The van der Waals surface area contributed by atoms with Gasteiger partial charge in [-0.05, 0) is 42.8 Å². The monoisotopic (exact) mass is 430 g/mol. The zero-order chi connectivity index (χ0) is 23.3. The fraction of sp³-hybridized carbons (Fsp3) is 0.167. The third-order valence-electron chi connectivity index (χ3n) is 4.73. The number of β-amino-alcohol motifs (C(OH)–C–C–N with tert-alkyl or cyclic N) is 1. The van der Waals surface area contributed by atoms with Crippen LogP contribution < -0.4 is 0 Å². The van der Waals surface area contributed by atoms with Crippen molar-refractivity contribution >= 4 is 23.9 Å². The number of aliphatic hydroxyl groups excluding tert-OH is 1. The van der Waals surface area contributed by atoms with Crippen LogP contribution in [0.25, 0.3) is 17.4 Å². The molecule has 0 unspecified atom stereocenters. The van der Waals surface area contributed by atoms with Gasteiger partial charge in [-0.2, -0.15) is 5.26 Å². The average molecular weight is 430 g/mol. The van der Waals surface area contributed by atoms with Gasteiger partial charge in [-0.15, -0.1) is 6.42 Å².